The molecule has 0 saturated carbocycles. The molecule has 1 heterocycles. The summed E-state index contributed by atoms with van der Waals surface area (Å²) in [6.45, 7) is 2.35. The summed E-state index contributed by atoms with van der Waals surface area (Å²) in [5, 5.41) is 18.9. The first kappa shape index (κ1) is 21.3. The topological polar surface area (TPSA) is 50.9 Å². The van der Waals surface area contributed by atoms with Gasteiger partial charge in [-0.2, -0.15) is 30.3 Å². The molecule has 6 heteroatoms. The Hall–Kier alpha value is -1.98. The fourth-order valence-electron chi connectivity index (χ4n) is 2.54. The van der Waals surface area contributed by atoms with E-state index in [1.54, 1.807) is 17.8 Å². The predicted octanol–water partition coefficient (Wildman–Crippen LogP) is 4.47. The first-order chi connectivity index (χ1) is 12.6. The molecule has 0 aliphatic carbocycles. The third-order valence-corrected chi connectivity index (χ3v) is 4.60. The van der Waals surface area contributed by atoms with E-state index < -0.39 is 5.60 Å². The molecule has 0 saturated heterocycles. The first-order valence-corrected chi connectivity index (χ1v) is 9.11. The molecule has 4 nitrogen and oxygen atoms in total. The Balaban J connectivity index is 0.000000379. The largest absolute Gasteiger partial charge is 2.00 e. The zero-order valence-corrected chi connectivity index (χ0v) is 17.5. The second kappa shape index (κ2) is 9.81. The Bertz CT molecular complexity index is 880. The van der Waals surface area contributed by atoms with Crippen molar-refractivity contribution in [1.82, 2.24) is 15.0 Å². The van der Waals surface area contributed by atoms with Crippen molar-refractivity contribution in [1.29, 1.82) is 0 Å². The summed E-state index contributed by atoms with van der Waals surface area (Å²) >= 11 is 3.42. The molecular weight excluding hydrogens is 446 g/mol. The van der Waals surface area contributed by atoms with Gasteiger partial charge < -0.3 is 5.11 Å². The number of aromatic nitrogens is 3. The van der Waals surface area contributed by atoms with Crippen LogP contribution in [-0.4, -0.2) is 20.1 Å². The van der Waals surface area contributed by atoms with E-state index in [1.807, 2.05) is 78.9 Å². The molecule has 0 aliphatic rings. The van der Waals surface area contributed by atoms with Gasteiger partial charge in [-0.1, -0.05) is 33.3 Å². The van der Waals surface area contributed by atoms with E-state index in [0.717, 1.165) is 15.6 Å². The minimum atomic E-state index is -1.12. The molecule has 0 spiro atoms. The van der Waals surface area contributed by atoms with Gasteiger partial charge >= 0.3 is 17.1 Å². The quantitative estimate of drug-likeness (QED) is 0.357. The van der Waals surface area contributed by atoms with Crippen LogP contribution in [0, 0.1) is 0 Å². The van der Waals surface area contributed by atoms with E-state index in [1.165, 1.54) is 0 Å². The zero-order chi connectivity index (χ0) is 18.4. The molecule has 140 valence electrons. The van der Waals surface area contributed by atoms with Crippen LogP contribution >= 0.6 is 15.9 Å². The van der Waals surface area contributed by atoms with Gasteiger partial charge in [0.15, 0.2) is 0 Å². The fraction of sp³-hybridized carbons (Fsp3) is 0.143. The van der Waals surface area contributed by atoms with Crippen molar-refractivity contribution in [3.05, 3.63) is 106 Å². The third-order valence-electron chi connectivity index (χ3n) is 4.08. The van der Waals surface area contributed by atoms with Gasteiger partial charge in [-0.15, -0.1) is 10.7 Å². The normalized spacial score (nSPS) is 12.4. The Kier molecular flexibility index (Phi) is 7.75. The number of aliphatic hydroxyl groups is 1. The molecule has 27 heavy (non-hydrogen) atoms. The zero-order valence-electron chi connectivity index (χ0n) is 14.8. The first-order valence-electron chi connectivity index (χ1n) is 8.32. The van der Waals surface area contributed by atoms with E-state index in [-0.39, 0.29) is 17.1 Å². The monoisotopic (exact) mass is 465 g/mol. The number of rotatable bonds is 4. The molecule has 0 amide bonds. The second-order valence-corrected chi connectivity index (χ2v) is 7.05. The molecule has 0 aliphatic heterocycles. The van der Waals surface area contributed by atoms with Crippen LogP contribution in [0.3, 0.4) is 0 Å². The number of nitrogens with zero attached hydrogens (tertiary/aromatic N) is 3. The smallest absolute Gasteiger partial charge is 0.381 e. The Morgan fingerprint density at radius 2 is 1.78 bits per heavy atom. The minimum Gasteiger partial charge on any atom is -0.381 e. The molecule has 0 bridgehead atoms. The second-order valence-electron chi connectivity index (χ2n) is 6.14. The van der Waals surface area contributed by atoms with E-state index in [9.17, 15) is 5.11 Å². The van der Waals surface area contributed by atoms with Crippen molar-refractivity contribution >= 4 is 15.9 Å². The molecular formula is C21H20BrFeN3O. The average molecular weight is 466 g/mol. The van der Waals surface area contributed by atoms with Crippen molar-refractivity contribution in [2.24, 2.45) is 0 Å². The number of halogens is 1. The van der Waals surface area contributed by atoms with Gasteiger partial charge in [-0.05, 0) is 24.6 Å². The van der Waals surface area contributed by atoms with Gasteiger partial charge in [-0.3, -0.25) is 0 Å². The van der Waals surface area contributed by atoms with Gasteiger partial charge in [0, 0.05) is 4.47 Å². The van der Waals surface area contributed by atoms with Crippen LogP contribution in [0.5, 0.6) is 0 Å². The maximum Gasteiger partial charge on any atom is 2.00 e. The predicted molar refractivity (Wildman–Crippen MR) is 106 cm³/mol. The van der Waals surface area contributed by atoms with E-state index in [2.05, 4.69) is 26.2 Å². The van der Waals surface area contributed by atoms with E-state index in [4.69, 9.17) is 0 Å². The summed E-state index contributed by atoms with van der Waals surface area (Å²) in [6, 6.07) is 25.6. The van der Waals surface area contributed by atoms with Crippen LogP contribution < -0.4 is 0 Å². The SMILES string of the molecule is CC(O)(c1ccc[cH-]1)c1cn(Cc2ccc(Br)cc2)nn1.[Fe+2].c1cc[cH-]c1. The summed E-state index contributed by atoms with van der Waals surface area (Å²) in [5.41, 5.74) is 1.37. The van der Waals surface area contributed by atoms with Gasteiger partial charge in [0.1, 0.15) is 11.3 Å². The average Bonchev–Trinajstić information content (AvgIpc) is 3.41. The Morgan fingerprint density at radius 1 is 1.07 bits per heavy atom. The van der Waals surface area contributed by atoms with Gasteiger partial charge in [0.05, 0.1) is 12.7 Å². The summed E-state index contributed by atoms with van der Waals surface area (Å²) < 4.78 is 2.78. The number of benzene rings is 1. The number of hydrogen-bond donors (Lipinski definition) is 1. The minimum absolute atomic E-state index is 0. The van der Waals surface area contributed by atoms with Crippen LogP contribution in [0.25, 0.3) is 0 Å². The van der Waals surface area contributed by atoms with Crippen LogP contribution in [-0.2, 0) is 29.2 Å². The van der Waals surface area contributed by atoms with E-state index >= 15 is 0 Å². The van der Waals surface area contributed by atoms with E-state index in [0.29, 0.717) is 12.2 Å². The maximum atomic E-state index is 10.6. The third kappa shape index (κ3) is 5.75. The van der Waals surface area contributed by atoms with Crippen molar-refractivity contribution < 1.29 is 22.2 Å². The molecule has 3 aromatic carbocycles. The van der Waals surface area contributed by atoms with Crippen LogP contribution in [0.2, 0.25) is 0 Å². The van der Waals surface area contributed by atoms with Crippen LogP contribution in [0.15, 0.2) is 89.5 Å². The van der Waals surface area contributed by atoms with Crippen molar-refractivity contribution in [3.8, 4) is 0 Å². The number of hydrogen-bond acceptors (Lipinski definition) is 3. The Morgan fingerprint density at radius 3 is 2.33 bits per heavy atom. The fourth-order valence-corrected chi connectivity index (χ4v) is 2.81. The van der Waals surface area contributed by atoms with Crippen molar-refractivity contribution in [3.63, 3.8) is 0 Å². The molecule has 4 aromatic rings. The van der Waals surface area contributed by atoms with Crippen LogP contribution in [0.4, 0.5) is 0 Å². The van der Waals surface area contributed by atoms with Crippen LogP contribution in [0.1, 0.15) is 23.7 Å². The molecule has 0 fully saturated rings. The summed E-state index contributed by atoms with van der Waals surface area (Å²) in [4.78, 5) is 0. The summed E-state index contributed by atoms with van der Waals surface area (Å²) in [7, 11) is 0. The summed E-state index contributed by atoms with van der Waals surface area (Å²) in [5.74, 6) is 0. The standard InChI is InChI=1S/C16H15BrN3O.C5H5.Fe/c1-16(21,13-4-2-3-5-13)15-11-20(19-18-15)10-12-6-8-14(17)9-7-12;1-2-4-5-3-1;/h2-9,11,21H,10H2,1H3;1-5H;/q2*-1;+2. The van der Waals surface area contributed by atoms with Crippen molar-refractivity contribution in [2.75, 3.05) is 0 Å². The molecule has 1 atom stereocenters. The summed E-state index contributed by atoms with van der Waals surface area (Å²) in [6.07, 6.45) is 1.79. The maximum absolute atomic E-state index is 10.6. The molecule has 4 rings (SSSR count). The van der Waals surface area contributed by atoms with Gasteiger partial charge in [-0.25, -0.2) is 28.9 Å². The molecule has 0 radical (unpaired) electrons. The van der Waals surface area contributed by atoms with Gasteiger partial charge in [0.2, 0.25) is 0 Å². The van der Waals surface area contributed by atoms with Crippen molar-refractivity contribution in [2.45, 2.75) is 19.1 Å². The molecule has 1 aromatic heterocycles. The Labute approximate surface area is 178 Å². The van der Waals surface area contributed by atoms with Gasteiger partial charge in [0.25, 0.3) is 0 Å². The molecule has 1 unspecified atom stereocenters. The molecule has 1 N–H and O–H groups in total.